The minimum atomic E-state index is 0.402. The molecule has 1 aliphatic heterocycles. The molecule has 1 fully saturated rings. The topological polar surface area (TPSA) is 29.1 Å². The van der Waals surface area contributed by atoms with Gasteiger partial charge in [-0.1, -0.05) is 33.3 Å². The Balaban J connectivity index is 2.33. The molecule has 0 saturated carbocycles. The summed E-state index contributed by atoms with van der Waals surface area (Å²) >= 11 is 0. The molecule has 0 radical (unpaired) electrons. The van der Waals surface area contributed by atoms with Crippen molar-refractivity contribution >= 4 is 5.78 Å². The average molecular weight is 318 g/mol. The van der Waals surface area contributed by atoms with Crippen molar-refractivity contribution in [3.05, 3.63) is 11.8 Å². The van der Waals surface area contributed by atoms with Crippen LogP contribution in [0, 0.1) is 30.1 Å². The van der Waals surface area contributed by atoms with E-state index in [-0.39, 0.29) is 0 Å². The van der Waals surface area contributed by atoms with Crippen molar-refractivity contribution in [1.29, 1.82) is 0 Å². The van der Waals surface area contributed by atoms with Crippen LogP contribution in [0.1, 0.15) is 78.6 Å². The van der Waals surface area contributed by atoms with Crippen LogP contribution in [-0.4, -0.2) is 12.3 Å². The van der Waals surface area contributed by atoms with E-state index in [0.717, 1.165) is 45.1 Å². The summed E-state index contributed by atoms with van der Waals surface area (Å²) in [5.41, 5.74) is 1.29. The lowest BCUT2D eigenvalue weighted by molar-refractivity contribution is -0.119. The van der Waals surface area contributed by atoms with Gasteiger partial charge in [0.05, 0.1) is 0 Å². The predicted molar refractivity (Wildman–Crippen MR) is 99.0 cm³/mol. The van der Waals surface area contributed by atoms with Gasteiger partial charge in [-0.05, 0) is 50.4 Å². The van der Waals surface area contributed by atoms with Crippen LogP contribution in [0.2, 0.25) is 0 Å². The molecule has 1 heterocycles. The first-order valence-corrected chi connectivity index (χ1v) is 9.43. The summed E-state index contributed by atoms with van der Waals surface area (Å²) in [4.78, 5) is 12.0. The van der Waals surface area contributed by atoms with Crippen LogP contribution < -0.4 is 5.32 Å². The van der Waals surface area contributed by atoms with Crippen molar-refractivity contribution in [2.24, 2.45) is 17.8 Å². The lowest BCUT2D eigenvalue weighted by Crippen LogP contribution is -2.14. The summed E-state index contributed by atoms with van der Waals surface area (Å²) in [7, 11) is 0. The van der Waals surface area contributed by atoms with E-state index >= 15 is 0 Å². The Morgan fingerprint density at radius 1 is 1.30 bits per heavy atom. The van der Waals surface area contributed by atoms with E-state index in [1.54, 1.807) is 0 Å². The van der Waals surface area contributed by atoms with Gasteiger partial charge in [0.2, 0.25) is 0 Å². The predicted octanol–water partition coefficient (Wildman–Crippen LogP) is 5.10. The Hall–Kier alpha value is -1.23. The zero-order chi connectivity index (χ0) is 17.1. The monoisotopic (exact) mass is 317 g/mol. The van der Waals surface area contributed by atoms with Crippen molar-refractivity contribution in [3.63, 3.8) is 0 Å². The first kappa shape index (κ1) is 19.8. The first-order valence-electron chi connectivity index (χ1n) is 9.43. The third-order valence-corrected chi connectivity index (χ3v) is 5.16. The van der Waals surface area contributed by atoms with E-state index in [4.69, 9.17) is 6.42 Å². The second kappa shape index (κ2) is 11.3. The summed E-state index contributed by atoms with van der Waals surface area (Å²) in [5, 5.41) is 3.53. The molecule has 23 heavy (non-hydrogen) atoms. The molecule has 0 bridgehead atoms. The number of carbonyl (C=O) groups is 1. The molecule has 130 valence electrons. The standard InChI is InChI=1S/C21H35NO/c1-5-19-9-6-7-16-22-20(14-13-19)10-8-11-21(23)15-12-18(4)17(2)3/h1,10,17-19,22H,6-9,11-16H2,2-4H3/b20-10-. The lowest BCUT2D eigenvalue weighted by atomic mass is 9.92. The number of carbonyl (C=O) groups excluding carboxylic acids is 1. The van der Waals surface area contributed by atoms with Gasteiger partial charge in [0.1, 0.15) is 5.78 Å². The normalized spacial score (nSPS) is 22.6. The van der Waals surface area contributed by atoms with Gasteiger partial charge in [0, 0.05) is 31.0 Å². The van der Waals surface area contributed by atoms with Gasteiger partial charge in [-0.25, -0.2) is 0 Å². The molecule has 2 heteroatoms. The van der Waals surface area contributed by atoms with Crippen LogP contribution in [0.4, 0.5) is 0 Å². The van der Waals surface area contributed by atoms with Crippen LogP contribution in [0.15, 0.2) is 11.8 Å². The molecule has 0 aliphatic carbocycles. The number of allylic oxidation sites excluding steroid dienone is 2. The van der Waals surface area contributed by atoms with Crippen molar-refractivity contribution in [3.8, 4) is 12.3 Å². The minimum absolute atomic E-state index is 0.402. The molecule has 1 aliphatic rings. The van der Waals surface area contributed by atoms with Gasteiger partial charge in [0.25, 0.3) is 0 Å². The lowest BCUT2D eigenvalue weighted by Gasteiger charge is -2.14. The smallest absolute Gasteiger partial charge is 0.133 e. The SMILES string of the molecule is C#CC1CCCCN/C(=C\CCC(=O)CCC(C)C(C)C)CC1. The number of ketones is 1. The van der Waals surface area contributed by atoms with Crippen LogP contribution in [0.25, 0.3) is 0 Å². The molecule has 0 spiro atoms. The van der Waals surface area contributed by atoms with Crippen LogP contribution >= 0.6 is 0 Å². The molecule has 2 nitrogen and oxygen atoms in total. The number of Topliss-reactive ketones (excluding diaryl/α,β-unsaturated/α-hetero) is 1. The summed E-state index contributed by atoms with van der Waals surface area (Å²) < 4.78 is 0. The molecular weight excluding hydrogens is 282 g/mol. The molecule has 0 amide bonds. The Labute approximate surface area is 143 Å². The van der Waals surface area contributed by atoms with Crippen LogP contribution in [0.5, 0.6) is 0 Å². The maximum absolute atomic E-state index is 12.0. The van der Waals surface area contributed by atoms with Crippen molar-refractivity contribution in [2.45, 2.75) is 78.6 Å². The Kier molecular flexibility index (Phi) is 9.76. The van der Waals surface area contributed by atoms with Gasteiger partial charge in [0.15, 0.2) is 0 Å². The molecule has 1 N–H and O–H groups in total. The highest BCUT2D eigenvalue weighted by Crippen LogP contribution is 2.20. The quantitative estimate of drug-likeness (QED) is 0.662. The van der Waals surface area contributed by atoms with E-state index in [1.165, 1.54) is 18.5 Å². The number of hydrogen-bond acceptors (Lipinski definition) is 2. The highest BCUT2D eigenvalue weighted by Gasteiger charge is 2.11. The zero-order valence-electron chi connectivity index (χ0n) is 15.4. The molecule has 1 saturated heterocycles. The Morgan fingerprint density at radius 2 is 2.09 bits per heavy atom. The Bertz CT molecular complexity index is 416. The maximum Gasteiger partial charge on any atom is 0.133 e. The summed E-state index contributed by atoms with van der Waals surface area (Å²) in [5.74, 6) is 5.03. The van der Waals surface area contributed by atoms with E-state index in [9.17, 15) is 4.79 Å². The number of rotatable bonds is 7. The highest BCUT2D eigenvalue weighted by atomic mass is 16.1. The van der Waals surface area contributed by atoms with E-state index in [2.05, 4.69) is 38.1 Å². The van der Waals surface area contributed by atoms with Gasteiger partial charge < -0.3 is 5.32 Å². The van der Waals surface area contributed by atoms with E-state index in [0.29, 0.717) is 30.0 Å². The average Bonchev–Trinajstić information content (AvgIpc) is 2.64. The Morgan fingerprint density at radius 3 is 2.78 bits per heavy atom. The summed E-state index contributed by atoms with van der Waals surface area (Å²) in [6.45, 7) is 7.73. The van der Waals surface area contributed by atoms with Gasteiger partial charge in [-0.15, -0.1) is 12.3 Å². The van der Waals surface area contributed by atoms with Gasteiger partial charge in [-0.2, -0.15) is 0 Å². The van der Waals surface area contributed by atoms with Crippen molar-refractivity contribution in [1.82, 2.24) is 5.32 Å². The van der Waals surface area contributed by atoms with Crippen LogP contribution in [0.3, 0.4) is 0 Å². The fourth-order valence-electron chi connectivity index (χ4n) is 2.92. The summed E-state index contributed by atoms with van der Waals surface area (Å²) in [6.07, 6.45) is 16.7. The fourth-order valence-corrected chi connectivity index (χ4v) is 2.92. The van der Waals surface area contributed by atoms with Crippen molar-refractivity contribution in [2.75, 3.05) is 6.54 Å². The number of terminal acetylenes is 1. The van der Waals surface area contributed by atoms with Crippen LogP contribution in [-0.2, 0) is 4.79 Å². The van der Waals surface area contributed by atoms with Crippen molar-refractivity contribution < 1.29 is 4.79 Å². The van der Waals surface area contributed by atoms with E-state index in [1.807, 2.05) is 0 Å². The zero-order valence-corrected chi connectivity index (χ0v) is 15.4. The third kappa shape index (κ3) is 8.84. The maximum atomic E-state index is 12.0. The molecular formula is C21H35NO. The second-order valence-corrected chi connectivity index (χ2v) is 7.39. The fraction of sp³-hybridized carbons (Fsp3) is 0.762. The van der Waals surface area contributed by atoms with E-state index < -0.39 is 0 Å². The van der Waals surface area contributed by atoms with Gasteiger partial charge >= 0.3 is 0 Å². The highest BCUT2D eigenvalue weighted by molar-refractivity contribution is 5.78. The largest absolute Gasteiger partial charge is 0.389 e. The van der Waals surface area contributed by atoms with Gasteiger partial charge in [-0.3, -0.25) is 4.79 Å². The first-order chi connectivity index (χ1) is 11.0. The molecule has 2 atom stereocenters. The molecule has 0 aromatic heterocycles. The molecule has 0 aromatic rings. The molecule has 2 unspecified atom stereocenters. The third-order valence-electron chi connectivity index (χ3n) is 5.16. The number of nitrogens with one attached hydrogen (secondary N) is 1. The number of hydrogen-bond donors (Lipinski definition) is 1. The minimum Gasteiger partial charge on any atom is -0.389 e. The molecule has 0 aromatic carbocycles. The molecule has 1 rings (SSSR count). The second-order valence-electron chi connectivity index (χ2n) is 7.39. The summed E-state index contributed by atoms with van der Waals surface area (Å²) in [6, 6.07) is 0.